The Balaban J connectivity index is 0.00000112. The van der Waals surface area contributed by atoms with Crippen LogP contribution in [0.15, 0.2) is 29.8 Å². The first-order valence-electron chi connectivity index (χ1n) is 5.10. The fourth-order valence-electron chi connectivity index (χ4n) is 1.73. The summed E-state index contributed by atoms with van der Waals surface area (Å²) in [5, 5.41) is 0. The Morgan fingerprint density at radius 2 is 2.13 bits per heavy atom. The van der Waals surface area contributed by atoms with Gasteiger partial charge in [0.2, 0.25) is 0 Å². The predicted molar refractivity (Wildman–Crippen MR) is 57.9 cm³/mol. The maximum Gasteiger partial charge on any atom is 0.0529 e. The first kappa shape index (κ1) is 13.1. The van der Waals surface area contributed by atoms with Gasteiger partial charge in [0.15, 0.2) is 0 Å². The molecule has 2 heteroatoms. The molecule has 0 N–H and O–H groups in total. The van der Waals surface area contributed by atoms with E-state index in [2.05, 4.69) is 31.2 Å². The molecule has 1 aromatic carbocycles. The average molecular weight is 276 g/mol. The van der Waals surface area contributed by atoms with Crippen LogP contribution in [0, 0.1) is 12.0 Å². The van der Waals surface area contributed by atoms with Gasteiger partial charge in [-0.25, -0.2) is 0 Å². The van der Waals surface area contributed by atoms with Crippen molar-refractivity contribution in [2.45, 2.75) is 13.3 Å². The minimum Gasteiger partial charge on any atom is -0.381 e. The molecule has 77 valence electrons. The van der Waals surface area contributed by atoms with Crippen LogP contribution < -0.4 is 0 Å². The van der Waals surface area contributed by atoms with E-state index in [-0.39, 0.29) is 32.7 Å². The van der Waals surface area contributed by atoms with E-state index in [9.17, 15) is 0 Å². The molecule has 1 saturated heterocycles. The van der Waals surface area contributed by atoms with Gasteiger partial charge in [-0.15, -0.1) is 5.56 Å². The van der Waals surface area contributed by atoms with E-state index < -0.39 is 0 Å². The summed E-state index contributed by atoms with van der Waals surface area (Å²) in [5.41, 5.74) is 2.77. The van der Waals surface area contributed by atoms with E-state index in [0.717, 1.165) is 19.6 Å². The summed E-state index contributed by atoms with van der Waals surface area (Å²) in [4.78, 5) is 0. The van der Waals surface area contributed by atoms with Gasteiger partial charge in [-0.2, -0.15) is 30.3 Å². The van der Waals surface area contributed by atoms with Crippen LogP contribution in [-0.4, -0.2) is 13.2 Å². The van der Waals surface area contributed by atoms with Gasteiger partial charge < -0.3 is 4.74 Å². The zero-order valence-corrected chi connectivity index (χ0v) is 11.9. The first-order chi connectivity index (χ1) is 6.86. The van der Waals surface area contributed by atoms with Crippen molar-refractivity contribution < 1.29 is 37.4 Å². The number of hydrogen-bond donors (Lipinski definition) is 0. The molecule has 0 aromatic heterocycles. The van der Waals surface area contributed by atoms with Crippen molar-refractivity contribution in [2.75, 3.05) is 13.2 Å². The normalized spacial score (nSPS) is 23.5. The molecule has 0 spiro atoms. The van der Waals surface area contributed by atoms with Gasteiger partial charge in [-0.05, 0) is 6.42 Å². The molecule has 1 radical (unpaired) electrons. The molecule has 0 aliphatic carbocycles. The number of rotatable bonds is 1. The summed E-state index contributed by atoms with van der Waals surface area (Å²) in [5.74, 6) is 0.563. The van der Waals surface area contributed by atoms with Gasteiger partial charge in [0.25, 0.3) is 0 Å². The van der Waals surface area contributed by atoms with Gasteiger partial charge in [-0.1, -0.05) is 18.6 Å². The Labute approximate surface area is 117 Å². The quantitative estimate of drug-likeness (QED) is 0.717. The summed E-state index contributed by atoms with van der Waals surface area (Å²) < 4.78 is 5.40. The van der Waals surface area contributed by atoms with Crippen LogP contribution in [0.5, 0.6) is 0 Å². The average Bonchev–Trinajstić information content (AvgIpc) is 2.23. The summed E-state index contributed by atoms with van der Waals surface area (Å²) >= 11 is 0. The number of ether oxygens (including phenoxy) is 1. The van der Waals surface area contributed by atoms with Crippen LogP contribution >= 0.6 is 0 Å². The first-order valence-corrected chi connectivity index (χ1v) is 5.10. The smallest absolute Gasteiger partial charge is 0.0529 e. The van der Waals surface area contributed by atoms with Crippen LogP contribution in [0.4, 0.5) is 0 Å². The van der Waals surface area contributed by atoms with Gasteiger partial charge >= 0.3 is 0 Å². The van der Waals surface area contributed by atoms with E-state index in [1.54, 1.807) is 0 Å². The molecule has 1 aromatic rings. The van der Waals surface area contributed by atoms with Crippen LogP contribution in [0.3, 0.4) is 0 Å². The summed E-state index contributed by atoms with van der Waals surface area (Å²) in [6, 6.07) is 11.1. The van der Waals surface area contributed by atoms with Crippen LogP contribution in [-0.2, 0) is 37.4 Å². The van der Waals surface area contributed by atoms with Crippen molar-refractivity contribution in [3.63, 3.8) is 0 Å². The van der Waals surface area contributed by atoms with Crippen molar-refractivity contribution in [1.82, 2.24) is 0 Å². The molecule has 0 saturated carbocycles. The maximum absolute atomic E-state index is 5.40. The predicted octanol–water partition coefficient (Wildman–Crippen LogP) is 2.92. The Hall–Kier alpha value is 0.0239. The largest absolute Gasteiger partial charge is 0.381 e. The summed E-state index contributed by atoms with van der Waals surface area (Å²) in [6.45, 7) is 3.96. The van der Waals surface area contributed by atoms with Gasteiger partial charge in [0.05, 0.1) is 13.2 Å². The fourth-order valence-corrected chi connectivity index (χ4v) is 1.73. The van der Waals surface area contributed by atoms with Gasteiger partial charge in [0.1, 0.15) is 0 Å². The Morgan fingerprint density at radius 1 is 1.40 bits per heavy atom. The second-order valence-corrected chi connectivity index (χ2v) is 3.78. The van der Waals surface area contributed by atoms with Crippen LogP contribution in [0.1, 0.15) is 18.9 Å². The van der Waals surface area contributed by atoms with E-state index >= 15 is 0 Å². The summed E-state index contributed by atoms with van der Waals surface area (Å²) in [7, 11) is 0. The van der Waals surface area contributed by atoms with Crippen molar-refractivity contribution in [3.8, 4) is 0 Å². The Morgan fingerprint density at radius 3 is 2.80 bits per heavy atom. The third-order valence-corrected chi connectivity index (χ3v) is 2.63. The molecular formula is C13H15OY-. The second-order valence-electron chi connectivity index (χ2n) is 3.78. The van der Waals surface area contributed by atoms with Gasteiger partial charge in [-0.3, -0.25) is 0 Å². The van der Waals surface area contributed by atoms with Crippen LogP contribution in [0.2, 0.25) is 0 Å². The fraction of sp³-hybridized carbons (Fsp3) is 0.385. The van der Waals surface area contributed by atoms with E-state index in [4.69, 9.17) is 4.74 Å². The van der Waals surface area contributed by atoms with E-state index in [1.165, 1.54) is 11.1 Å². The number of hydrogen-bond acceptors (Lipinski definition) is 1. The minimum atomic E-state index is 0. The molecule has 0 bridgehead atoms. The minimum absolute atomic E-state index is 0. The van der Waals surface area contributed by atoms with Crippen molar-refractivity contribution in [1.29, 1.82) is 0 Å². The molecule has 1 unspecified atom stereocenters. The van der Waals surface area contributed by atoms with E-state index in [0.29, 0.717) is 5.92 Å². The van der Waals surface area contributed by atoms with Gasteiger partial charge in [0, 0.05) is 38.6 Å². The molecular weight excluding hydrogens is 261 g/mol. The van der Waals surface area contributed by atoms with Crippen molar-refractivity contribution in [3.05, 3.63) is 41.5 Å². The third kappa shape index (κ3) is 3.82. The molecule has 0 amide bonds. The Kier molecular flexibility index (Phi) is 5.74. The second kappa shape index (κ2) is 6.57. The van der Waals surface area contributed by atoms with Crippen LogP contribution in [0.25, 0.3) is 6.08 Å². The molecule has 1 aliphatic heterocycles. The molecule has 1 aliphatic rings. The van der Waals surface area contributed by atoms with Crippen molar-refractivity contribution >= 4 is 6.08 Å². The standard InChI is InChI=1S/C13H15O.Y/c1-11-10-14-8-7-13(11)9-12-5-3-2-4-6-12;/h3-6,9,11H,7-8,10H2,1H3;/q-1;/b13-9+;. The Bertz CT molecular complexity index is 319. The molecule has 1 fully saturated rings. The molecule has 2 rings (SSSR count). The maximum atomic E-state index is 5.40. The SMILES string of the molecule is CC1COCC/C1=C\c1cc[c-]cc1.[Y]. The molecule has 1 atom stereocenters. The molecule has 15 heavy (non-hydrogen) atoms. The number of benzene rings is 1. The monoisotopic (exact) mass is 276 g/mol. The molecule has 1 heterocycles. The molecule has 1 nitrogen and oxygen atoms in total. The van der Waals surface area contributed by atoms with E-state index in [1.807, 2.05) is 12.1 Å². The topological polar surface area (TPSA) is 9.23 Å². The zero-order valence-electron chi connectivity index (χ0n) is 9.07. The zero-order chi connectivity index (χ0) is 9.80. The van der Waals surface area contributed by atoms with Crippen molar-refractivity contribution in [2.24, 2.45) is 5.92 Å². The third-order valence-electron chi connectivity index (χ3n) is 2.63. The summed E-state index contributed by atoms with van der Waals surface area (Å²) in [6.07, 6.45) is 3.35.